The molecule has 1 heterocycles. The summed E-state index contributed by atoms with van der Waals surface area (Å²) in [6, 6.07) is 7.98. The van der Waals surface area contributed by atoms with Gasteiger partial charge in [0.2, 0.25) is 0 Å². The molecule has 0 aliphatic heterocycles. The highest BCUT2D eigenvalue weighted by molar-refractivity contribution is 7.98. The normalized spacial score (nSPS) is 10.6. The fourth-order valence-corrected chi connectivity index (χ4v) is 2.90. The summed E-state index contributed by atoms with van der Waals surface area (Å²) >= 11 is 1.62. The SMILES string of the molecule is C=CCn1c(COC)nnc1SCc1ccccc1OC. The molecule has 0 bridgehead atoms. The average Bonchev–Trinajstić information content (AvgIpc) is 2.89. The lowest BCUT2D eigenvalue weighted by molar-refractivity contribution is 0.174. The number of hydrogen-bond acceptors (Lipinski definition) is 5. The van der Waals surface area contributed by atoms with Crippen LogP contribution in [0.2, 0.25) is 0 Å². The fourth-order valence-electron chi connectivity index (χ4n) is 1.94. The van der Waals surface area contributed by atoms with Gasteiger partial charge < -0.3 is 14.0 Å². The fraction of sp³-hybridized carbons (Fsp3) is 0.333. The van der Waals surface area contributed by atoms with Crippen LogP contribution in [0.25, 0.3) is 0 Å². The molecule has 2 aromatic rings. The van der Waals surface area contributed by atoms with Gasteiger partial charge in [0, 0.05) is 25.0 Å². The van der Waals surface area contributed by atoms with E-state index in [2.05, 4.69) is 22.8 Å². The molecule has 1 aromatic heterocycles. The van der Waals surface area contributed by atoms with Crippen LogP contribution in [0.1, 0.15) is 11.4 Å². The van der Waals surface area contributed by atoms with Crippen molar-refractivity contribution in [2.75, 3.05) is 14.2 Å². The smallest absolute Gasteiger partial charge is 0.191 e. The second-order valence-electron chi connectivity index (χ2n) is 4.33. The maximum Gasteiger partial charge on any atom is 0.191 e. The Morgan fingerprint density at radius 2 is 2.10 bits per heavy atom. The Morgan fingerprint density at radius 3 is 2.81 bits per heavy atom. The second-order valence-corrected chi connectivity index (χ2v) is 5.27. The third-order valence-electron chi connectivity index (χ3n) is 2.93. The Kier molecular flexibility index (Phi) is 5.83. The largest absolute Gasteiger partial charge is 0.496 e. The minimum atomic E-state index is 0.441. The van der Waals surface area contributed by atoms with Crippen molar-refractivity contribution in [2.45, 2.75) is 24.1 Å². The lowest BCUT2D eigenvalue weighted by Gasteiger charge is -2.09. The summed E-state index contributed by atoms with van der Waals surface area (Å²) in [5.74, 6) is 2.46. The number of allylic oxidation sites excluding steroid dienone is 1. The molecule has 2 rings (SSSR count). The van der Waals surface area contributed by atoms with Crippen molar-refractivity contribution in [2.24, 2.45) is 0 Å². The van der Waals surface area contributed by atoms with Gasteiger partial charge in [-0.1, -0.05) is 36.0 Å². The highest BCUT2D eigenvalue weighted by Gasteiger charge is 2.12. The highest BCUT2D eigenvalue weighted by Crippen LogP contribution is 2.27. The first kappa shape index (κ1) is 15.6. The van der Waals surface area contributed by atoms with Crippen LogP contribution in [0.15, 0.2) is 42.1 Å². The predicted octanol–water partition coefficient (Wildman–Crippen LogP) is 2.91. The number of para-hydroxylation sites is 1. The number of thioether (sulfide) groups is 1. The monoisotopic (exact) mass is 305 g/mol. The molecule has 0 N–H and O–H groups in total. The zero-order valence-electron chi connectivity index (χ0n) is 12.3. The van der Waals surface area contributed by atoms with Gasteiger partial charge in [0.05, 0.1) is 7.11 Å². The Balaban J connectivity index is 2.14. The summed E-state index contributed by atoms with van der Waals surface area (Å²) in [6.45, 7) is 4.88. The van der Waals surface area contributed by atoms with Crippen LogP contribution < -0.4 is 4.74 Å². The summed E-state index contributed by atoms with van der Waals surface area (Å²) in [4.78, 5) is 0. The van der Waals surface area contributed by atoms with Crippen LogP contribution in [0.3, 0.4) is 0 Å². The van der Waals surface area contributed by atoms with E-state index >= 15 is 0 Å². The molecular weight excluding hydrogens is 286 g/mol. The number of nitrogens with zero attached hydrogens (tertiary/aromatic N) is 3. The van der Waals surface area contributed by atoms with Gasteiger partial charge in [0.1, 0.15) is 12.4 Å². The molecule has 0 radical (unpaired) electrons. The van der Waals surface area contributed by atoms with Crippen molar-refractivity contribution in [3.8, 4) is 5.75 Å². The van der Waals surface area contributed by atoms with E-state index in [1.165, 1.54) is 0 Å². The maximum absolute atomic E-state index is 5.36. The molecule has 0 spiro atoms. The van der Waals surface area contributed by atoms with Crippen LogP contribution in [0.5, 0.6) is 5.75 Å². The van der Waals surface area contributed by atoms with Gasteiger partial charge >= 0.3 is 0 Å². The third-order valence-corrected chi connectivity index (χ3v) is 3.94. The van der Waals surface area contributed by atoms with E-state index < -0.39 is 0 Å². The zero-order chi connectivity index (χ0) is 15.1. The van der Waals surface area contributed by atoms with Crippen molar-refractivity contribution < 1.29 is 9.47 Å². The molecule has 21 heavy (non-hydrogen) atoms. The maximum atomic E-state index is 5.36. The number of aromatic nitrogens is 3. The third kappa shape index (κ3) is 3.86. The molecule has 0 fully saturated rings. The predicted molar refractivity (Wildman–Crippen MR) is 83.5 cm³/mol. The van der Waals surface area contributed by atoms with Gasteiger partial charge in [-0.2, -0.15) is 0 Å². The van der Waals surface area contributed by atoms with Crippen LogP contribution in [0.4, 0.5) is 0 Å². The molecule has 0 aliphatic rings. The minimum Gasteiger partial charge on any atom is -0.496 e. The van der Waals surface area contributed by atoms with Crippen molar-refractivity contribution in [3.05, 3.63) is 48.3 Å². The summed E-state index contributed by atoms with van der Waals surface area (Å²) in [5.41, 5.74) is 1.13. The molecular formula is C15H19N3O2S. The number of benzene rings is 1. The van der Waals surface area contributed by atoms with E-state index in [1.54, 1.807) is 26.0 Å². The molecule has 0 unspecified atom stereocenters. The van der Waals surface area contributed by atoms with Crippen molar-refractivity contribution in [1.29, 1.82) is 0 Å². The minimum absolute atomic E-state index is 0.441. The molecule has 0 atom stereocenters. The number of hydrogen-bond donors (Lipinski definition) is 0. The first-order valence-corrected chi connectivity index (χ1v) is 7.55. The van der Waals surface area contributed by atoms with Gasteiger partial charge in [-0.3, -0.25) is 0 Å². The topological polar surface area (TPSA) is 49.2 Å². The average molecular weight is 305 g/mol. The van der Waals surface area contributed by atoms with Gasteiger partial charge in [-0.25, -0.2) is 0 Å². The van der Waals surface area contributed by atoms with Crippen LogP contribution >= 0.6 is 11.8 Å². The Bertz CT molecular complexity index is 598. The standard InChI is InChI=1S/C15H19N3O2S/c1-4-9-18-14(10-19-2)16-17-15(18)21-11-12-7-5-6-8-13(12)20-3/h4-8H,1,9-11H2,2-3H3. The first-order valence-electron chi connectivity index (χ1n) is 6.56. The summed E-state index contributed by atoms with van der Waals surface area (Å²) in [7, 11) is 3.33. The van der Waals surface area contributed by atoms with E-state index in [0.717, 1.165) is 28.0 Å². The van der Waals surface area contributed by atoms with Crippen LogP contribution in [-0.4, -0.2) is 29.0 Å². The number of ether oxygens (including phenoxy) is 2. The van der Waals surface area contributed by atoms with Gasteiger partial charge in [-0.05, 0) is 6.07 Å². The molecule has 112 valence electrons. The molecule has 0 saturated carbocycles. The quantitative estimate of drug-likeness (QED) is 0.554. The molecule has 1 aromatic carbocycles. The summed E-state index contributed by atoms with van der Waals surface area (Å²) in [6.07, 6.45) is 1.83. The number of rotatable bonds is 8. The van der Waals surface area contributed by atoms with Crippen LogP contribution in [0, 0.1) is 0 Å². The number of methoxy groups -OCH3 is 2. The van der Waals surface area contributed by atoms with Gasteiger partial charge in [0.25, 0.3) is 0 Å². The van der Waals surface area contributed by atoms with Gasteiger partial charge in [0.15, 0.2) is 11.0 Å². The van der Waals surface area contributed by atoms with E-state index in [-0.39, 0.29) is 0 Å². The molecule has 6 heteroatoms. The lowest BCUT2D eigenvalue weighted by Crippen LogP contribution is -2.05. The van der Waals surface area contributed by atoms with Crippen molar-refractivity contribution in [3.63, 3.8) is 0 Å². The Hall–Kier alpha value is -1.79. The lowest BCUT2D eigenvalue weighted by atomic mass is 10.2. The van der Waals surface area contributed by atoms with Crippen LogP contribution in [-0.2, 0) is 23.6 Å². The van der Waals surface area contributed by atoms with E-state index in [1.807, 2.05) is 28.8 Å². The summed E-state index contributed by atoms with van der Waals surface area (Å²) in [5, 5.41) is 9.25. The molecule has 5 nitrogen and oxygen atoms in total. The Labute approximate surface area is 129 Å². The molecule has 0 aliphatic carbocycles. The zero-order valence-corrected chi connectivity index (χ0v) is 13.1. The van der Waals surface area contributed by atoms with Crippen molar-refractivity contribution >= 4 is 11.8 Å². The second kappa shape index (κ2) is 7.85. The summed E-state index contributed by atoms with van der Waals surface area (Å²) < 4.78 is 12.5. The Morgan fingerprint density at radius 1 is 1.29 bits per heavy atom. The van der Waals surface area contributed by atoms with E-state index in [4.69, 9.17) is 9.47 Å². The van der Waals surface area contributed by atoms with Gasteiger partial charge in [-0.15, -0.1) is 16.8 Å². The van der Waals surface area contributed by atoms with E-state index in [0.29, 0.717) is 13.2 Å². The van der Waals surface area contributed by atoms with Crippen molar-refractivity contribution in [1.82, 2.24) is 14.8 Å². The molecule has 0 amide bonds. The molecule has 0 saturated heterocycles. The van der Waals surface area contributed by atoms with E-state index in [9.17, 15) is 0 Å². The first-order chi connectivity index (χ1) is 10.3. The highest BCUT2D eigenvalue weighted by atomic mass is 32.2.